The van der Waals surface area contributed by atoms with Crippen LogP contribution in [0.4, 0.5) is 5.69 Å². The molecule has 2 bridgehead atoms. The average Bonchev–Trinajstić information content (AvgIpc) is 2.93. The van der Waals surface area contributed by atoms with Crippen LogP contribution in [0, 0.1) is 17.8 Å². The van der Waals surface area contributed by atoms with Crippen molar-refractivity contribution in [1.82, 2.24) is 10.2 Å². The molecule has 0 spiro atoms. The minimum atomic E-state index is 0.184. The van der Waals surface area contributed by atoms with Gasteiger partial charge in [0, 0.05) is 12.1 Å². The van der Waals surface area contributed by atoms with Crippen LogP contribution in [0.2, 0.25) is 0 Å². The maximum Gasteiger partial charge on any atom is 0.227 e. The Labute approximate surface area is 88.4 Å². The van der Waals surface area contributed by atoms with Crippen molar-refractivity contribution in [1.29, 1.82) is 0 Å². The first-order valence-corrected chi connectivity index (χ1v) is 5.62. The lowest BCUT2D eigenvalue weighted by atomic mass is 9.88. The Kier molecular flexibility index (Phi) is 2.01. The topological polar surface area (TPSA) is 57.8 Å². The molecule has 4 heteroatoms. The molecule has 15 heavy (non-hydrogen) atoms. The molecule has 1 amide bonds. The standard InChI is InChI=1S/C11H15N3O/c15-11(14-9-5-12-13-6-9)10-4-7-1-2-8(10)3-7/h5-8,10H,1-4H2,(H,12,13)(H,14,15). The van der Waals surface area contributed by atoms with E-state index in [1.807, 2.05) is 0 Å². The predicted molar refractivity (Wildman–Crippen MR) is 56.2 cm³/mol. The number of H-pyrrole nitrogens is 1. The quantitative estimate of drug-likeness (QED) is 0.773. The highest BCUT2D eigenvalue weighted by atomic mass is 16.1. The third kappa shape index (κ3) is 1.54. The van der Waals surface area contributed by atoms with Crippen LogP contribution >= 0.6 is 0 Å². The van der Waals surface area contributed by atoms with Crippen LogP contribution in [0.15, 0.2) is 12.4 Å². The van der Waals surface area contributed by atoms with Gasteiger partial charge in [-0.15, -0.1) is 0 Å². The molecule has 0 saturated heterocycles. The lowest BCUT2D eigenvalue weighted by Gasteiger charge is -2.20. The highest BCUT2D eigenvalue weighted by molar-refractivity contribution is 5.92. The first-order chi connectivity index (χ1) is 7.33. The Morgan fingerprint density at radius 2 is 2.40 bits per heavy atom. The molecule has 3 unspecified atom stereocenters. The molecule has 0 aliphatic heterocycles. The van der Waals surface area contributed by atoms with Gasteiger partial charge in [0.1, 0.15) is 0 Å². The van der Waals surface area contributed by atoms with E-state index in [4.69, 9.17) is 0 Å². The summed E-state index contributed by atoms with van der Waals surface area (Å²) in [5.74, 6) is 1.89. The van der Waals surface area contributed by atoms with E-state index in [0.717, 1.165) is 18.0 Å². The van der Waals surface area contributed by atoms with E-state index in [1.54, 1.807) is 12.4 Å². The summed E-state index contributed by atoms with van der Waals surface area (Å²) in [6, 6.07) is 0. The molecule has 0 aromatic carbocycles. The van der Waals surface area contributed by atoms with E-state index < -0.39 is 0 Å². The van der Waals surface area contributed by atoms with Crippen LogP contribution in [-0.2, 0) is 4.79 Å². The molecule has 2 N–H and O–H groups in total. The maximum absolute atomic E-state index is 11.9. The van der Waals surface area contributed by atoms with E-state index in [0.29, 0.717) is 5.92 Å². The van der Waals surface area contributed by atoms with E-state index >= 15 is 0 Å². The lowest BCUT2D eigenvalue weighted by Crippen LogP contribution is -2.26. The molecule has 4 nitrogen and oxygen atoms in total. The average molecular weight is 205 g/mol. The van der Waals surface area contributed by atoms with Crippen LogP contribution < -0.4 is 5.32 Å². The number of hydrogen-bond donors (Lipinski definition) is 2. The zero-order chi connectivity index (χ0) is 10.3. The number of fused-ring (bicyclic) bond motifs is 2. The zero-order valence-electron chi connectivity index (χ0n) is 8.57. The maximum atomic E-state index is 11.9. The number of hydrogen-bond acceptors (Lipinski definition) is 2. The number of amides is 1. The Morgan fingerprint density at radius 3 is 3.00 bits per heavy atom. The number of rotatable bonds is 2. The van der Waals surface area contributed by atoms with Crippen molar-refractivity contribution < 1.29 is 4.79 Å². The molecule has 1 aromatic heterocycles. The van der Waals surface area contributed by atoms with Crippen LogP contribution in [0.3, 0.4) is 0 Å². The Hall–Kier alpha value is -1.32. The molecule has 2 saturated carbocycles. The highest BCUT2D eigenvalue weighted by Crippen LogP contribution is 2.48. The fourth-order valence-corrected chi connectivity index (χ4v) is 3.12. The van der Waals surface area contributed by atoms with Crippen molar-refractivity contribution in [2.75, 3.05) is 5.32 Å². The summed E-state index contributed by atoms with van der Waals surface area (Å²) in [7, 11) is 0. The molecular weight excluding hydrogens is 190 g/mol. The van der Waals surface area contributed by atoms with Crippen molar-refractivity contribution in [2.24, 2.45) is 17.8 Å². The third-order valence-electron chi connectivity index (χ3n) is 3.84. The molecule has 2 aliphatic carbocycles. The first kappa shape index (κ1) is 8.95. The fraction of sp³-hybridized carbons (Fsp3) is 0.636. The van der Waals surface area contributed by atoms with Crippen LogP contribution in [0.1, 0.15) is 25.7 Å². The number of anilines is 1. The van der Waals surface area contributed by atoms with Gasteiger partial charge >= 0.3 is 0 Å². The Balaban J connectivity index is 1.66. The molecule has 3 rings (SSSR count). The van der Waals surface area contributed by atoms with Gasteiger partial charge in [0.2, 0.25) is 5.91 Å². The van der Waals surface area contributed by atoms with Gasteiger partial charge in [0.25, 0.3) is 0 Å². The monoisotopic (exact) mass is 205 g/mol. The summed E-state index contributed by atoms with van der Waals surface area (Å²) in [6.45, 7) is 0. The largest absolute Gasteiger partial charge is 0.323 e. The van der Waals surface area contributed by atoms with Gasteiger partial charge < -0.3 is 5.32 Å². The van der Waals surface area contributed by atoms with Crippen molar-refractivity contribution >= 4 is 11.6 Å². The second kappa shape index (κ2) is 3.36. The van der Waals surface area contributed by atoms with Crippen LogP contribution in [0.25, 0.3) is 0 Å². The van der Waals surface area contributed by atoms with Gasteiger partial charge in [-0.3, -0.25) is 9.89 Å². The summed E-state index contributed by atoms with van der Waals surface area (Å²) in [5.41, 5.74) is 0.780. The molecule has 1 aromatic rings. The second-order valence-electron chi connectivity index (χ2n) is 4.76. The van der Waals surface area contributed by atoms with Crippen molar-refractivity contribution in [3.63, 3.8) is 0 Å². The van der Waals surface area contributed by atoms with E-state index in [9.17, 15) is 4.79 Å². The van der Waals surface area contributed by atoms with Gasteiger partial charge in [0.05, 0.1) is 11.9 Å². The normalized spacial score (nSPS) is 33.2. The predicted octanol–water partition coefficient (Wildman–Crippen LogP) is 1.78. The smallest absolute Gasteiger partial charge is 0.227 e. The Morgan fingerprint density at radius 1 is 1.47 bits per heavy atom. The molecular formula is C11H15N3O. The van der Waals surface area contributed by atoms with Crippen molar-refractivity contribution in [2.45, 2.75) is 25.7 Å². The number of carbonyl (C=O) groups is 1. The van der Waals surface area contributed by atoms with Gasteiger partial charge in [-0.05, 0) is 31.1 Å². The lowest BCUT2D eigenvalue weighted by molar-refractivity contribution is -0.121. The fourth-order valence-electron chi connectivity index (χ4n) is 3.12. The summed E-state index contributed by atoms with van der Waals surface area (Å²) in [6.07, 6.45) is 8.29. The molecule has 80 valence electrons. The third-order valence-corrected chi connectivity index (χ3v) is 3.84. The summed E-state index contributed by atoms with van der Waals surface area (Å²) >= 11 is 0. The van der Waals surface area contributed by atoms with E-state index in [-0.39, 0.29) is 11.8 Å². The summed E-state index contributed by atoms with van der Waals surface area (Å²) in [5, 5.41) is 9.42. The zero-order valence-corrected chi connectivity index (χ0v) is 8.57. The number of nitrogens with zero attached hydrogens (tertiary/aromatic N) is 1. The Bertz CT molecular complexity index is 360. The van der Waals surface area contributed by atoms with Crippen molar-refractivity contribution in [3.05, 3.63) is 12.4 Å². The number of nitrogens with one attached hydrogen (secondary N) is 2. The van der Waals surface area contributed by atoms with Gasteiger partial charge in [-0.2, -0.15) is 5.10 Å². The molecule has 0 radical (unpaired) electrons. The van der Waals surface area contributed by atoms with Crippen molar-refractivity contribution in [3.8, 4) is 0 Å². The minimum absolute atomic E-state index is 0.184. The number of aromatic amines is 1. The van der Waals surface area contributed by atoms with Crippen LogP contribution in [-0.4, -0.2) is 16.1 Å². The highest BCUT2D eigenvalue weighted by Gasteiger charge is 2.42. The minimum Gasteiger partial charge on any atom is -0.323 e. The molecule has 2 aliphatic rings. The molecule has 3 atom stereocenters. The number of carbonyl (C=O) groups excluding carboxylic acids is 1. The summed E-state index contributed by atoms with van der Waals surface area (Å²) < 4.78 is 0. The van der Waals surface area contributed by atoms with E-state index in [2.05, 4.69) is 15.5 Å². The number of aromatic nitrogens is 2. The summed E-state index contributed by atoms with van der Waals surface area (Å²) in [4.78, 5) is 11.9. The van der Waals surface area contributed by atoms with E-state index in [1.165, 1.54) is 19.3 Å². The van der Waals surface area contributed by atoms with Gasteiger partial charge in [-0.1, -0.05) is 6.42 Å². The second-order valence-corrected chi connectivity index (χ2v) is 4.76. The molecule has 2 fully saturated rings. The molecule has 1 heterocycles. The van der Waals surface area contributed by atoms with Gasteiger partial charge in [-0.25, -0.2) is 0 Å². The van der Waals surface area contributed by atoms with Crippen LogP contribution in [0.5, 0.6) is 0 Å². The SMILES string of the molecule is O=C(Nc1cn[nH]c1)C1CC2CCC1C2. The first-order valence-electron chi connectivity index (χ1n) is 5.62. The van der Waals surface area contributed by atoms with Gasteiger partial charge in [0.15, 0.2) is 0 Å².